The average molecular weight is 318 g/mol. The molecule has 22 heavy (non-hydrogen) atoms. The maximum atomic E-state index is 12.4. The largest absolute Gasteiger partial charge is 0.312 e. The lowest BCUT2D eigenvalue weighted by Crippen LogP contribution is -2.43. The van der Waals surface area contributed by atoms with E-state index in [4.69, 9.17) is 0 Å². The van der Waals surface area contributed by atoms with Gasteiger partial charge in [0.25, 0.3) is 0 Å². The molecule has 1 aromatic rings. The van der Waals surface area contributed by atoms with E-state index in [1.165, 1.54) is 11.6 Å². The van der Waals surface area contributed by atoms with Gasteiger partial charge in [-0.25, -0.2) is 0 Å². The molecule has 1 atom stereocenters. The average Bonchev–Trinajstić information content (AvgIpc) is 2.40. The van der Waals surface area contributed by atoms with E-state index in [1.54, 1.807) is 0 Å². The van der Waals surface area contributed by atoms with Crippen LogP contribution in [0.25, 0.3) is 0 Å². The molecule has 0 fully saturated rings. The zero-order chi connectivity index (χ0) is 16.5. The normalized spacial score (nSPS) is 17.4. The molecule has 0 saturated carbocycles. The van der Waals surface area contributed by atoms with E-state index in [1.807, 2.05) is 11.0 Å². The van der Waals surface area contributed by atoms with Crippen LogP contribution in [0.1, 0.15) is 39.7 Å². The van der Waals surface area contributed by atoms with E-state index in [0.29, 0.717) is 23.3 Å². The molecule has 0 aromatic heterocycles. The quantitative estimate of drug-likeness (QED) is 0.707. The number of fused-ring (bicyclic) bond motifs is 1. The fraction of sp³-hybridized carbons (Fsp3) is 0.632. The number of aryl methyl sites for hydroxylation is 1. The molecule has 0 bridgehead atoms. The van der Waals surface area contributed by atoms with Gasteiger partial charge >= 0.3 is 0 Å². The lowest BCUT2D eigenvalue weighted by Gasteiger charge is -2.40. The number of hydrogen-bond donors (Lipinski definition) is 0. The van der Waals surface area contributed by atoms with Crippen molar-refractivity contribution in [3.05, 3.63) is 29.8 Å². The first-order valence-electron chi connectivity index (χ1n) is 8.50. The number of para-hydroxylation sites is 1. The Morgan fingerprint density at radius 3 is 2.45 bits per heavy atom. The Morgan fingerprint density at radius 2 is 1.82 bits per heavy atom. The van der Waals surface area contributed by atoms with Crippen molar-refractivity contribution in [1.29, 1.82) is 0 Å². The molecule has 2 rings (SSSR count). The monoisotopic (exact) mass is 317 g/mol. The van der Waals surface area contributed by atoms with Crippen LogP contribution in [-0.4, -0.2) is 20.5 Å². The molecule has 1 amide bonds. The van der Waals surface area contributed by atoms with E-state index in [9.17, 15) is 4.79 Å². The number of nitrogens with zero attached hydrogens (tertiary/aromatic N) is 1. The Balaban J connectivity index is 2.12. The summed E-state index contributed by atoms with van der Waals surface area (Å²) in [5.41, 5.74) is 2.46. The SMILES string of the molecule is C[C@@H](CN1C(=O)CCc2ccccc21)C[Si](C)(C)C(C)(C)C. The molecular weight excluding hydrogens is 286 g/mol. The zero-order valence-corrected chi connectivity index (χ0v) is 16.1. The second-order valence-corrected chi connectivity index (χ2v) is 14.3. The summed E-state index contributed by atoms with van der Waals surface area (Å²) >= 11 is 0. The molecule has 0 saturated heterocycles. The fourth-order valence-electron chi connectivity index (χ4n) is 3.25. The van der Waals surface area contributed by atoms with Crippen LogP contribution >= 0.6 is 0 Å². The summed E-state index contributed by atoms with van der Waals surface area (Å²) in [6.45, 7) is 15.2. The van der Waals surface area contributed by atoms with E-state index in [2.05, 4.69) is 59.0 Å². The molecule has 0 spiro atoms. The highest BCUT2D eigenvalue weighted by molar-refractivity contribution is 6.80. The minimum Gasteiger partial charge on any atom is -0.312 e. The smallest absolute Gasteiger partial charge is 0.227 e. The predicted octanol–water partition coefficient (Wildman–Crippen LogP) is 5.11. The third-order valence-corrected chi connectivity index (χ3v) is 11.4. The highest BCUT2D eigenvalue weighted by atomic mass is 28.3. The Morgan fingerprint density at radius 1 is 1.18 bits per heavy atom. The van der Waals surface area contributed by atoms with Crippen molar-refractivity contribution >= 4 is 19.7 Å². The van der Waals surface area contributed by atoms with Crippen molar-refractivity contribution in [3.63, 3.8) is 0 Å². The molecule has 1 aliphatic heterocycles. The Kier molecular flexibility index (Phi) is 4.86. The van der Waals surface area contributed by atoms with Crippen LogP contribution in [0.2, 0.25) is 24.2 Å². The van der Waals surface area contributed by atoms with E-state index in [0.717, 1.165) is 18.7 Å². The number of carbonyl (C=O) groups excluding carboxylic acids is 1. The van der Waals surface area contributed by atoms with Gasteiger partial charge < -0.3 is 4.90 Å². The van der Waals surface area contributed by atoms with Crippen molar-refractivity contribution in [1.82, 2.24) is 0 Å². The molecule has 1 heterocycles. The third kappa shape index (κ3) is 3.62. The third-order valence-electron chi connectivity index (χ3n) is 5.58. The number of amides is 1. The zero-order valence-electron chi connectivity index (χ0n) is 15.1. The fourth-order valence-corrected chi connectivity index (χ4v) is 5.73. The summed E-state index contributed by atoms with van der Waals surface area (Å²) in [5.74, 6) is 0.844. The Labute approximate surface area is 136 Å². The summed E-state index contributed by atoms with van der Waals surface area (Å²) < 4.78 is 0. The Hall–Kier alpha value is -1.09. The van der Waals surface area contributed by atoms with E-state index < -0.39 is 8.07 Å². The minimum absolute atomic E-state index is 0.292. The molecule has 0 unspecified atom stereocenters. The van der Waals surface area contributed by atoms with Crippen LogP contribution < -0.4 is 4.90 Å². The van der Waals surface area contributed by atoms with Crippen LogP contribution in [-0.2, 0) is 11.2 Å². The van der Waals surface area contributed by atoms with Crippen molar-refractivity contribution < 1.29 is 4.79 Å². The van der Waals surface area contributed by atoms with Gasteiger partial charge in [0.05, 0.1) is 8.07 Å². The van der Waals surface area contributed by atoms with Crippen LogP contribution in [0.3, 0.4) is 0 Å². The van der Waals surface area contributed by atoms with Gasteiger partial charge in [0, 0.05) is 18.7 Å². The molecular formula is C19H31NOSi. The maximum absolute atomic E-state index is 12.4. The lowest BCUT2D eigenvalue weighted by atomic mass is 10.00. The predicted molar refractivity (Wildman–Crippen MR) is 98.3 cm³/mol. The van der Waals surface area contributed by atoms with Crippen LogP contribution in [0.4, 0.5) is 5.69 Å². The first-order valence-corrected chi connectivity index (χ1v) is 11.7. The molecule has 122 valence electrons. The minimum atomic E-state index is -1.30. The molecule has 2 nitrogen and oxygen atoms in total. The van der Waals surface area contributed by atoms with Crippen molar-refractivity contribution in [2.75, 3.05) is 11.4 Å². The maximum Gasteiger partial charge on any atom is 0.227 e. The van der Waals surface area contributed by atoms with Crippen LogP contribution in [0, 0.1) is 5.92 Å². The van der Waals surface area contributed by atoms with E-state index in [-0.39, 0.29) is 0 Å². The highest BCUT2D eigenvalue weighted by Crippen LogP contribution is 2.41. The van der Waals surface area contributed by atoms with Crippen molar-refractivity contribution in [2.45, 2.75) is 64.7 Å². The summed E-state index contributed by atoms with van der Waals surface area (Å²) in [4.78, 5) is 14.4. The first-order chi connectivity index (χ1) is 10.1. The van der Waals surface area contributed by atoms with Gasteiger partial charge in [-0.1, -0.05) is 65.0 Å². The second-order valence-electron chi connectivity index (χ2n) is 8.58. The molecule has 0 aliphatic carbocycles. The van der Waals surface area contributed by atoms with Crippen molar-refractivity contribution in [3.8, 4) is 0 Å². The molecule has 1 aromatic carbocycles. The standard InChI is InChI=1S/C19H31NOSi/c1-15(14-22(5,6)19(2,3)4)13-20-17-10-8-7-9-16(17)11-12-18(20)21/h7-10,15H,11-14H2,1-6H3/t15-/m0/s1. The summed E-state index contributed by atoms with van der Waals surface area (Å²) in [5, 5.41) is 0.408. The Bertz CT molecular complexity index is 545. The molecule has 0 N–H and O–H groups in total. The lowest BCUT2D eigenvalue weighted by molar-refractivity contribution is -0.119. The second kappa shape index (κ2) is 6.19. The van der Waals surface area contributed by atoms with E-state index >= 15 is 0 Å². The number of benzene rings is 1. The van der Waals surface area contributed by atoms with Crippen LogP contribution in [0.5, 0.6) is 0 Å². The first kappa shape index (κ1) is 17.3. The highest BCUT2D eigenvalue weighted by Gasteiger charge is 2.37. The number of rotatable bonds is 4. The molecule has 0 radical (unpaired) electrons. The number of hydrogen-bond acceptors (Lipinski definition) is 1. The van der Waals surface area contributed by atoms with Gasteiger partial charge in [0.15, 0.2) is 0 Å². The number of anilines is 1. The van der Waals surface area contributed by atoms with Gasteiger partial charge in [0.2, 0.25) is 5.91 Å². The van der Waals surface area contributed by atoms with Gasteiger partial charge in [-0.3, -0.25) is 4.79 Å². The van der Waals surface area contributed by atoms with Gasteiger partial charge in [-0.05, 0) is 29.0 Å². The van der Waals surface area contributed by atoms with Crippen LogP contribution in [0.15, 0.2) is 24.3 Å². The summed E-state index contributed by atoms with van der Waals surface area (Å²) in [6.07, 6.45) is 1.55. The molecule has 1 aliphatic rings. The van der Waals surface area contributed by atoms with Gasteiger partial charge in [0.1, 0.15) is 0 Å². The number of carbonyl (C=O) groups is 1. The molecule has 3 heteroatoms. The topological polar surface area (TPSA) is 20.3 Å². The van der Waals surface area contributed by atoms with Gasteiger partial charge in [-0.15, -0.1) is 0 Å². The summed E-state index contributed by atoms with van der Waals surface area (Å²) in [6, 6.07) is 9.65. The van der Waals surface area contributed by atoms with Gasteiger partial charge in [-0.2, -0.15) is 0 Å². The van der Waals surface area contributed by atoms with Crippen molar-refractivity contribution in [2.24, 2.45) is 5.92 Å². The summed E-state index contributed by atoms with van der Waals surface area (Å²) in [7, 11) is -1.30.